The van der Waals surface area contributed by atoms with Gasteiger partial charge in [0.15, 0.2) is 0 Å². The van der Waals surface area contributed by atoms with Crippen LogP contribution in [0.1, 0.15) is 58.8 Å². The third-order valence-corrected chi connectivity index (χ3v) is 8.09. The molecule has 0 bridgehead atoms. The van der Waals surface area contributed by atoms with Crippen LogP contribution < -0.4 is 0 Å². The Morgan fingerprint density at radius 1 is 1.26 bits per heavy atom. The molecule has 124 valence electrons. The molecule has 4 rings (SSSR count). The molecule has 3 saturated carbocycles. The number of allylic oxidation sites excluding steroid dienone is 1. The number of hydrogen-bond acceptors (Lipinski definition) is 2. The highest BCUT2D eigenvalue weighted by molar-refractivity contribution is 5.87. The van der Waals surface area contributed by atoms with Crippen molar-refractivity contribution >= 4 is 5.78 Å². The molecule has 0 radical (unpaired) electrons. The smallest absolute Gasteiger partial charge is 0.139 e. The Hall–Kier alpha value is -1.07. The van der Waals surface area contributed by atoms with E-state index in [2.05, 4.69) is 25.8 Å². The first-order chi connectivity index (χ1) is 10.9. The molecule has 23 heavy (non-hydrogen) atoms. The number of fused-ring (bicyclic) bond motifs is 5. The van der Waals surface area contributed by atoms with Gasteiger partial charge in [0.05, 0.1) is 6.10 Å². The Morgan fingerprint density at radius 2 is 2.00 bits per heavy atom. The maximum absolute atomic E-state index is 12.4. The standard InChI is InChI=1S/C21H28O2/c1-4-13-12-21(3)14(11-18(13)22)5-6-15-16-7-8-19(23)20(16,2)10-9-17(15)21/h1,5,13,15-18,22H,6-12H2,2-3H3/t13?,15-,16-,17+,18?,20-,21-/m0/s1. The average Bonchev–Trinajstić information content (AvgIpc) is 2.83. The zero-order valence-electron chi connectivity index (χ0n) is 14.3. The summed E-state index contributed by atoms with van der Waals surface area (Å²) in [6, 6.07) is 0. The molecule has 0 aromatic heterocycles. The number of ketones is 1. The van der Waals surface area contributed by atoms with Crippen molar-refractivity contribution in [1.82, 2.24) is 0 Å². The molecule has 0 aromatic carbocycles. The summed E-state index contributed by atoms with van der Waals surface area (Å²) >= 11 is 0. The Labute approximate surface area is 139 Å². The van der Waals surface area contributed by atoms with Crippen LogP contribution >= 0.6 is 0 Å². The zero-order valence-corrected chi connectivity index (χ0v) is 14.3. The molecule has 4 aliphatic rings. The second kappa shape index (κ2) is 4.96. The average molecular weight is 312 g/mol. The lowest BCUT2D eigenvalue weighted by Crippen LogP contribution is -2.51. The molecule has 0 saturated heterocycles. The van der Waals surface area contributed by atoms with Gasteiger partial charge in [-0.05, 0) is 61.7 Å². The highest BCUT2D eigenvalue weighted by Gasteiger charge is 2.59. The van der Waals surface area contributed by atoms with E-state index < -0.39 is 0 Å². The Bertz CT molecular complexity index is 612. The van der Waals surface area contributed by atoms with E-state index in [0.717, 1.165) is 44.9 Å². The summed E-state index contributed by atoms with van der Waals surface area (Å²) in [5.74, 6) is 5.14. The fourth-order valence-electron chi connectivity index (χ4n) is 6.66. The molecule has 3 fully saturated rings. The van der Waals surface area contributed by atoms with Gasteiger partial charge in [-0.25, -0.2) is 0 Å². The number of hydrogen-bond donors (Lipinski definition) is 1. The van der Waals surface area contributed by atoms with E-state index in [1.54, 1.807) is 0 Å². The summed E-state index contributed by atoms with van der Waals surface area (Å²) in [4.78, 5) is 12.4. The van der Waals surface area contributed by atoms with Gasteiger partial charge in [-0.2, -0.15) is 0 Å². The van der Waals surface area contributed by atoms with Crippen molar-refractivity contribution in [3.8, 4) is 12.3 Å². The summed E-state index contributed by atoms with van der Waals surface area (Å²) < 4.78 is 0. The summed E-state index contributed by atoms with van der Waals surface area (Å²) in [5.41, 5.74) is 1.50. The van der Waals surface area contributed by atoms with Crippen LogP contribution in [0.5, 0.6) is 0 Å². The van der Waals surface area contributed by atoms with Crippen molar-refractivity contribution in [2.45, 2.75) is 64.9 Å². The third kappa shape index (κ3) is 1.96. The van der Waals surface area contributed by atoms with Gasteiger partial charge < -0.3 is 5.11 Å². The number of Topliss-reactive ketones (excluding diaryl/α,β-unsaturated/α-hetero) is 1. The molecular weight excluding hydrogens is 284 g/mol. The molecular formula is C21H28O2. The van der Waals surface area contributed by atoms with E-state index in [9.17, 15) is 9.90 Å². The first kappa shape index (κ1) is 15.5. The first-order valence-corrected chi connectivity index (χ1v) is 9.27. The van der Waals surface area contributed by atoms with Crippen LogP contribution in [0.25, 0.3) is 0 Å². The molecule has 2 heteroatoms. The number of aliphatic hydroxyl groups is 1. The van der Waals surface area contributed by atoms with Crippen LogP contribution in [0.4, 0.5) is 0 Å². The van der Waals surface area contributed by atoms with Gasteiger partial charge in [0.1, 0.15) is 5.78 Å². The van der Waals surface area contributed by atoms with Crippen LogP contribution in [-0.4, -0.2) is 17.0 Å². The van der Waals surface area contributed by atoms with Crippen molar-refractivity contribution in [1.29, 1.82) is 0 Å². The molecule has 0 aliphatic heterocycles. The Morgan fingerprint density at radius 3 is 2.74 bits per heavy atom. The molecule has 7 atom stereocenters. The van der Waals surface area contributed by atoms with Gasteiger partial charge in [-0.3, -0.25) is 4.79 Å². The number of aliphatic hydroxyl groups excluding tert-OH is 1. The largest absolute Gasteiger partial charge is 0.392 e. The lowest BCUT2D eigenvalue weighted by molar-refractivity contribution is -0.132. The molecule has 0 aromatic rings. The van der Waals surface area contributed by atoms with E-state index >= 15 is 0 Å². The second-order valence-electron chi connectivity index (χ2n) is 8.93. The second-order valence-corrected chi connectivity index (χ2v) is 8.93. The summed E-state index contributed by atoms with van der Waals surface area (Å²) in [5, 5.41) is 10.3. The summed E-state index contributed by atoms with van der Waals surface area (Å²) in [7, 11) is 0. The molecule has 0 spiro atoms. The number of terminal acetylenes is 1. The summed E-state index contributed by atoms with van der Waals surface area (Å²) in [6.45, 7) is 4.60. The van der Waals surface area contributed by atoms with Gasteiger partial charge in [-0.1, -0.05) is 25.5 Å². The Balaban J connectivity index is 1.70. The number of rotatable bonds is 0. The van der Waals surface area contributed by atoms with Gasteiger partial charge in [0, 0.05) is 17.8 Å². The van der Waals surface area contributed by atoms with Crippen molar-refractivity contribution in [2.24, 2.45) is 34.5 Å². The first-order valence-electron chi connectivity index (χ1n) is 9.27. The lowest BCUT2D eigenvalue weighted by atomic mass is 9.47. The highest BCUT2D eigenvalue weighted by atomic mass is 16.3. The van der Waals surface area contributed by atoms with E-state index in [1.165, 1.54) is 5.57 Å². The quantitative estimate of drug-likeness (QED) is 0.546. The topological polar surface area (TPSA) is 37.3 Å². The lowest BCUT2D eigenvalue weighted by Gasteiger charge is -2.57. The van der Waals surface area contributed by atoms with E-state index in [0.29, 0.717) is 23.5 Å². The minimum Gasteiger partial charge on any atom is -0.392 e. The van der Waals surface area contributed by atoms with E-state index in [-0.39, 0.29) is 22.9 Å². The van der Waals surface area contributed by atoms with Crippen LogP contribution in [0.2, 0.25) is 0 Å². The van der Waals surface area contributed by atoms with Crippen LogP contribution in [-0.2, 0) is 4.79 Å². The molecule has 4 aliphatic carbocycles. The maximum Gasteiger partial charge on any atom is 0.139 e. The van der Waals surface area contributed by atoms with E-state index in [1.807, 2.05) is 0 Å². The van der Waals surface area contributed by atoms with Gasteiger partial charge in [-0.15, -0.1) is 12.3 Å². The fourth-order valence-corrected chi connectivity index (χ4v) is 6.66. The minimum atomic E-state index is -0.377. The number of carbonyl (C=O) groups excluding carboxylic acids is 1. The molecule has 1 N–H and O–H groups in total. The Kier molecular flexibility index (Phi) is 3.34. The molecule has 0 heterocycles. The van der Waals surface area contributed by atoms with Crippen molar-refractivity contribution < 1.29 is 9.90 Å². The molecule has 0 amide bonds. The van der Waals surface area contributed by atoms with E-state index in [4.69, 9.17) is 6.42 Å². The SMILES string of the molecule is C#CC1C[C@@]2(C)C(=CC[C@@H]3[C@H]2CC[C@]2(C)C(=O)CC[C@@H]32)CC1O. The normalized spacial score (nSPS) is 52.0. The maximum atomic E-state index is 12.4. The third-order valence-electron chi connectivity index (χ3n) is 8.09. The van der Waals surface area contributed by atoms with Gasteiger partial charge in [0.25, 0.3) is 0 Å². The van der Waals surface area contributed by atoms with Crippen LogP contribution in [0, 0.1) is 46.8 Å². The van der Waals surface area contributed by atoms with Crippen molar-refractivity contribution in [3.63, 3.8) is 0 Å². The van der Waals surface area contributed by atoms with Crippen molar-refractivity contribution in [2.75, 3.05) is 0 Å². The van der Waals surface area contributed by atoms with Gasteiger partial charge >= 0.3 is 0 Å². The predicted octanol–water partition coefficient (Wildman–Crippen LogP) is 3.74. The number of carbonyl (C=O) groups is 1. The monoisotopic (exact) mass is 312 g/mol. The van der Waals surface area contributed by atoms with Crippen LogP contribution in [0.3, 0.4) is 0 Å². The zero-order chi connectivity index (χ0) is 16.4. The summed E-state index contributed by atoms with van der Waals surface area (Å²) in [6.07, 6.45) is 14.5. The molecule has 2 nitrogen and oxygen atoms in total. The highest BCUT2D eigenvalue weighted by Crippen LogP contribution is 2.64. The van der Waals surface area contributed by atoms with Crippen molar-refractivity contribution in [3.05, 3.63) is 11.6 Å². The molecule has 2 unspecified atom stereocenters. The van der Waals surface area contributed by atoms with Gasteiger partial charge in [0.2, 0.25) is 0 Å². The predicted molar refractivity (Wildman–Crippen MR) is 90.4 cm³/mol. The van der Waals surface area contributed by atoms with Crippen LogP contribution in [0.15, 0.2) is 11.6 Å². The fraction of sp³-hybridized carbons (Fsp3) is 0.762. The minimum absolute atomic E-state index is 0.0191.